The molecule has 3 nitrogen and oxygen atoms in total. The number of hydrogen-bond acceptors (Lipinski definition) is 4. The average molecular weight is 297 g/mol. The topological polar surface area (TPSA) is 30.5 Å². The molecule has 1 aromatic rings. The maximum absolute atomic E-state index is 5.45. The van der Waals surface area contributed by atoms with Crippen LogP contribution in [-0.2, 0) is 0 Å². The van der Waals surface area contributed by atoms with Crippen LogP contribution in [0.3, 0.4) is 0 Å². The first-order valence-corrected chi connectivity index (χ1v) is 8.56. The van der Waals surface area contributed by atoms with Gasteiger partial charge in [0.15, 0.2) is 0 Å². The molecule has 0 aliphatic rings. The van der Waals surface area contributed by atoms with Gasteiger partial charge in [0, 0.05) is 17.7 Å². The lowest BCUT2D eigenvalue weighted by molar-refractivity contribution is 0.385. The maximum atomic E-state index is 5.45. The third-order valence-corrected chi connectivity index (χ3v) is 4.08. The second-order valence-corrected chi connectivity index (χ2v) is 5.82. The van der Waals surface area contributed by atoms with Gasteiger partial charge in [-0.05, 0) is 44.4 Å². The summed E-state index contributed by atoms with van der Waals surface area (Å²) in [6, 6.07) is 6.28. The average Bonchev–Trinajstić information content (AvgIpc) is 2.49. The van der Waals surface area contributed by atoms with E-state index in [0.717, 1.165) is 18.0 Å². The smallest absolute Gasteiger partial charge is 0.127 e. The van der Waals surface area contributed by atoms with Crippen molar-refractivity contribution in [3.8, 4) is 11.5 Å². The van der Waals surface area contributed by atoms with Crippen molar-refractivity contribution in [1.29, 1.82) is 0 Å². The summed E-state index contributed by atoms with van der Waals surface area (Å²) in [5, 5.41) is 3.56. The van der Waals surface area contributed by atoms with Crippen LogP contribution in [0.5, 0.6) is 11.5 Å². The first-order chi connectivity index (χ1) is 9.72. The van der Waals surface area contributed by atoms with Crippen molar-refractivity contribution in [3.63, 3.8) is 0 Å². The van der Waals surface area contributed by atoms with Crippen molar-refractivity contribution in [1.82, 2.24) is 5.32 Å². The molecule has 20 heavy (non-hydrogen) atoms. The van der Waals surface area contributed by atoms with E-state index < -0.39 is 0 Å². The van der Waals surface area contributed by atoms with E-state index >= 15 is 0 Å². The van der Waals surface area contributed by atoms with Gasteiger partial charge in [-0.25, -0.2) is 0 Å². The molecule has 1 unspecified atom stereocenters. The summed E-state index contributed by atoms with van der Waals surface area (Å²) in [4.78, 5) is 0. The molecule has 1 rings (SSSR count). The summed E-state index contributed by atoms with van der Waals surface area (Å²) in [6.07, 6.45) is 5.99. The summed E-state index contributed by atoms with van der Waals surface area (Å²) < 4.78 is 10.7. The van der Waals surface area contributed by atoms with Gasteiger partial charge in [0.05, 0.1) is 14.2 Å². The zero-order chi connectivity index (χ0) is 14.8. The Morgan fingerprint density at radius 1 is 1.15 bits per heavy atom. The standard InChI is InChI=1S/C16H27NO2S/c1-13(17-10-6-5-7-11-20-4)15-9-8-14(18-2)12-16(15)19-3/h8-9,12-13,17H,5-7,10-11H2,1-4H3. The van der Waals surface area contributed by atoms with E-state index in [-0.39, 0.29) is 6.04 Å². The highest BCUT2D eigenvalue weighted by atomic mass is 32.2. The number of hydrogen-bond donors (Lipinski definition) is 1. The monoisotopic (exact) mass is 297 g/mol. The molecule has 0 fully saturated rings. The fraction of sp³-hybridized carbons (Fsp3) is 0.625. The minimum atomic E-state index is 0.288. The summed E-state index contributed by atoms with van der Waals surface area (Å²) >= 11 is 1.92. The second-order valence-electron chi connectivity index (χ2n) is 4.84. The molecule has 0 heterocycles. The number of methoxy groups -OCH3 is 2. The minimum Gasteiger partial charge on any atom is -0.497 e. The van der Waals surface area contributed by atoms with Gasteiger partial charge in [0.2, 0.25) is 0 Å². The van der Waals surface area contributed by atoms with E-state index in [0.29, 0.717) is 0 Å². The van der Waals surface area contributed by atoms with E-state index in [4.69, 9.17) is 9.47 Å². The van der Waals surface area contributed by atoms with Crippen LogP contribution >= 0.6 is 11.8 Å². The first kappa shape index (κ1) is 17.2. The molecule has 114 valence electrons. The quantitative estimate of drug-likeness (QED) is 0.664. The van der Waals surface area contributed by atoms with E-state index in [1.807, 2.05) is 23.9 Å². The summed E-state index contributed by atoms with van der Waals surface area (Å²) in [7, 11) is 3.37. The largest absolute Gasteiger partial charge is 0.497 e. The van der Waals surface area contributed by atoms with Crippen LogP contribution in [0.1, 0.15) is 37.8 Å². The summed E-state index contributed by atoms with van der Waals surface area (Å²) in [5.74, 6) is 2.98. The molecule has 1 atom stereocenters. The van der Waals surface area contributed by atoms with Gasteiger partial charge in [-0.2, -0.15) is 11.8 Å². The lowest BCUT2D eigenvalue weighted by atomic mass is 10.1. The fourth-order valence-electron chi connectivity index (χ4n) is 2.15. The van der Waals surface area contributed by atoms with Crippen molar-refractivity contribution in [2.45, 2.75) is 32.2 Å². The number of unbranched alkanes of at least 4 members (excludes halogenated alkanes) is 2. The molecule has 0 saturated carbocycles. The normalized spacial score (nSPS) is 12.2. The highest BCUT2D eigenvalue weighted by Gasteiger charge is 2.11. The van der Waals surface area contributed by atoms with E-state index in [1.54, 1.807) is 14.2 Å². The van der Waals surface area contributed by atoms with Crippen LogP contribution in [-0.4, -0.2) is 32.8 Å². The number of nitrogens with one attached hydrogen (secondary N) is 1. The fourth-order valence-corrected chi connectivity index (χ4v) is 2.65. The van der Waals surface area contributed by atoms with E-state index in [1.165, 1.54) is 30.6 Å². The van der Waals surface area contributed by atoms with Crippen LogP contribution in [0.15, 0.2) is 18.2 Å². The zero-order valence-corrected chi connectivity index (χ0v) is 13.9. The van der Waals surface area contributed by atoms with Crippen molar-refractivity contribution in [2.75, 3.05) is 32.8 Å². The van der Waals surface area contributed by atoms with Crippen molar-refractivity contribution in [3.05, 3.63) is 23.8 Å². The molecule has 0 bridgehead atoms. The molecule has 0 spiro atoms. The highest BCUT2D eigenvalue weighted by molar-refractivity contribution is 7.98. The Bertz CT molecular complexity index is 385. The molecule has 4 heteroatoms. The van der Waals surface area contributed by atoms with E-state index in [2.05, 4.69) is 24.6 Å². The lowest BCUT2D eigenvalue weighted by Gasteiger charge is -2.18. The Morgan fingerprint density at radius 2 is 1.95 bits per heavy atom. The van der Waals surface area contributed by atoms with Crippen molar-refractivity contribution in [2.24, 2.45) is 0 Å². The Labute approximate surface area is 127 Å². The van der Waals surface area contributed by atoms with E-state index in [9.17, 15) is 0 Å². The zero-order valence-electron chi connectivity index (χ0n) is 13.1. The van der Waals surface area contributed by atoms with Crippen molar-refractivity contribution < 1.29 is 9.47 Å². The third kappa shape index (κ3) is 5.63. The van der Waals surface area contributed by atoms with Gasteiger partial charge in [0.25, 0.3) is 0 Å². The van der Waals surface area contributed by atoms with Crippen molar-refractivity contribution >= 4 is 11.8 Å². The molecule has 0 saturated heterocycles. The number of benzene rings is 1. The van der Waals surface area contributed by atoms with Gasteiger partial charge < -0.3 is 14.8 Å². The molecule has 1 N–H and O–H groups in total. The number of thioether (sulfide) groups is 1. The van der Waals surface area contributed by atoms with Crippen LogP contribution < -0.4 is 14.8 Å². The SMILES string of the molecule is COc1ccc(C(C)NCCCCCSC)c(OC)c1. The predicted octanol–water partition coefficient (Wildman–Crippen LogP) is 3.89. The van der Waals surface area contributed by atoms with Gasteiger partial charge in [-0.15, -0.1) is 0 Å². The molecule has 0 amide bonds. The summed E-state index contributed by atoms with van der Waals surface area (Å²) in [6.45, 7) is 3.22. The molecule has 0 aliphatic heterocycles. The molecular formula is C16H27NO2S. The van der Waals surface area contributed by atoms with Crippen LogP contribution in [0.4, 0.5) is 0 Å². The Morgan fingerprint density at radius 3 is 2.60 bits per heavy atom. The minimum absolute atomic E-state index is 0.288. The Hall–Kier alpha value is -0.870. The molecule has 1 aromatic carbocycles. The lowest BCUT2D eigenvalue weighted by Crippen LogP contribution is -2.20. The van der Waals surface area contributed by atoms with Gasteiger partial charge in [-0.1, -0.05) is 12.5 Å². The molecule has 0 aliphatic carbocycles. The second kappa shape index (κ2) is 9.94. The van der Waals surface area contributed by atoms with Crippen LogP contribution in [0.25, 0.3) is 0 Å². The molecule has 0 radical (unpaired) electrons. The van der Waals surface area contributed by atoms with Gasteiger partial charge in [-0.3, -0.25) is 0 Å². The first-order valence-electron chi connectivity index (χ1n) is 7.17. The highest BCUT2D eigenvalue weighted by Crippen LogP contribution is 2.29. The van der Waals surface area contributed by atoms with Crippen LogP contribution in [0.2, 0.25) is 0 Å². The third-order valence-electron chi connectivity index (χ3n) is 3.38. The maximum Gasteiger partial charge on any atom is 0.127 e. The Balaban J connectivity index is 2.44. The predicted molar refractivity (Wildman–Crippen MR) is 88.2 cm³/mol. The number of ether oxygens (including phenoxy) is 2. The Kier molecular flexibility index (Phi) is 8.54. The van der Waals surface area contributed by atoms with Gasteiger partial charge in [0.1, 0.15) is 11.5 Å². The molecule has 0 aromatic heterocycles. The van der Waals surface area contributed by atoms with Gasteiger partial charge >= 0.3 is 0 Å². The molecular weight excluding hydrogens is 270 g/mol. The van der Waals surface area contributed by atoms with Crippen LogP contribution in [0, 0.1) is 0 Å². The number of rotatable bonds is 10. The summed E-state index contributed by atoms with van der Waals surface area (Å²) in [5.41, 5.74) is 1.18.